The predicted octanol–water partition coefficient (Wildman–Crippen LogP) is 4.99. The number of amides is 1. The summed E-state index contributed by atoms with van der Waals surface area (Å²) in [5.74, 6) is -0.221. The van der Waals surface area contributed by atoms with Crippen molar-refractivity contribution in [3.63, 3.8) is 0 Å². The number of ether oxygens (including phenoxy) is 1. The molecular formula is C25H19ClN8O4S. The SMILES string of the molecule is COc1ccc(Cl)c(Nc2nc3ccccc3nc2N(c2cccc(C(=O)N=[N+]=NCCC#N)c2)S(=O)[O-])c1. The number of aromatic nitrogens is 2. The number of hydrogen-bond donors (Lipinski definition) is 1. The van der Waals surface area contributed by atoms with E-state index in [0.29, 0.717) is 27.5 Å². The quantitative estimate of drug-likeness (QED) is 0.129. The Kier molecular flexibility index (Phi) is 8.88. The van der Waals surface area contributed by atoms with E-state index in [1.807, 2.05) is 6.07 Å². The summed E-state index contributed by atoms with van der Waals surface area (Å²) in [6, 6.07) is 19.5. The van der Waals surface area contributed by atoms with E-state index in [1.54, 1.807) is 42.5 Å². The van der Waals surface area contributed by atoms with Crippen LogP contribution < -0.4 is 19.3 Å². The number of nitrogens with one attached hydrogen (secondary N) is 1. The first-order valence-corrected chi connectivity index (χ1v) is 12.7. The normalized spacial score (nSPS) is 11.1. The van der Waals surface area contributed by atoms with Crippen LogP contribution in [0.2, 0.25) is 5.02 Å². The summed E-state index contributed by atoms with van der Waals surface area (Å²) >= 11 is 3.49. The van der Waals surface area contributed by atoms with Gasteiger partial charge in [0.15, 0.2) is 11.6 Å². The molecule has 0 fully saturated rings. The molecule has 3 aromatic carbocycles. The van der Waals surface area contributed by atoms with Crippen molar-refractivity contribution in [2.45, 2.75) is 6.42 Å². The Morgan fingerprint density at radius 2 is 1.95 bits per heavy atom. The molecule has 1 atom stereocenters. The fourth-order valence-corrected chi connectivity index (χ4v) is 4.11. The summed E-state index contributed by atoms with van der Waals surface area (Å²) in [6.45, 7) is 0.101. The molecule has 4 aromatic rings. The molecule has 0 saturated carbocycles. The number of carbonyl (C=O) groups is 1. The molecular weight excluding hydrogens is 544 g/mol. The third kappa shape index (κ3) is 6.59. The molecule has 1 N–H and O–H groups in total. The number of hydrogen-bond acceptors (Lipinski definition) is 9. The Morgan fingerprint density at radius 1 is 1.18 bits per heavy atom. The minimum absolute atomic E-state index is 0.0567. The highest BCUT2D eigenvalue weighted by atomic mass is 35.5. The van der Waals surface area contributed by atoms with Crippen molar-refractivity contribution in [1.82, 2.24) is 14.9 Å². The van der Waals surface area contributed by atoms with E-state index in [9.17, 15) is 13.6 Å². The van der Waals surface area contributed by atoms with Gasteiger partial charge in [0.25, 0.3) is 0 Å². The molecule has 1 heterocycles. The minimum Gasteiger partial charge on any atom is -0.755 e. The maximum Gasteiger partial charge on any atom is 0.360 e. The summed E-state index contributed by atoms with van der Waals surface area (Å²) < 4.78 is 31.3. The largest absolute Gasteiger partial charge is 0.755 e. The zero-order chi connectivity index (χ0) is 27.8. The van der Waals surface area contributed by atoms with Crippen LogP contribution in [0.25, 0.3) is 11.0 Å². The van der Waals surface area contributed by atoms with Crippen LogP contribution in [0, 0.1) is 11.3 Å². The fraction of sp³-hybridized carbons (Fsp3) is 0.120. The minimum atomic E-state index is -2.89. The Labute approximate surface area is 230 Å². The average Bonchev–Trinajstić information content (AvgIpc) is 2.94. The van der Waals surface area contributed by atoms with Crippen molar-refractivity contribution in [2.24, 2.45) is 10.2 Å². The molecule has 39 heavy (non-hydrogen) atoms. The van der Waals surface area contributed by atoms with Crippen LogP contribution in [-0.2, 0) is 11.3 Å². The second-order valence-electron chi connectivity index (χ2n) is 7.68. The third-order valence-electron chi connectivity index (χ3n) is 5.17. The summed E-state index contributed by atoms with van der Waals surface area (Å²) in [5.41, 5.74) is 1.49. The van der Waals surface area contributed by atoms with Gasteiger partial charge in [-0.05, 0) is 42.5 Å². The predicted molar refractivity (Wildman–Crippen MR) is 145 cm³/mol. The number of anilines is 4. The number of rotatable bonds is 9. The lowest BCUT2D eigenvalue weighted by atomic mass is 10.2. The van der Waals surface area contributed by atoms with Crippen molar-refractivity contribution in [2.75, 3.05) is 23.3 Å². The number of halogens is 1. The molecule has 1 unspecified atom stereocenters. The van der Waals surface area contributed by atoms with Gasteiger partial charge in [0.1, 0.15) is 17.4 Å². The van der Waals surface area contributed by atoms with Crippen LogP contribution in [0.1, 0.15) is 16.8 Å². The third-order valence-corrected chi connectivity index (χ3v) is 6.18. The second-order valence-corrected chi connectivity index (χ2v) is 8.89. The van der Waals surface area contributed by atoms with Crippen molar-refractivity contribution in [3.05, 3.63) is 77.3 Å². The van der Waals surface area contributed by atoms with Crippen molar-refractivity contribution >= 4 is 62.8 Å². The van der Waals surface area contributed by atoms with E-state index in [-0.39, 0.29) is 35.9 Å². The van der Waals surface area contributed by atoms with Gasteiger partial charge in [-0.3, -0.25) is 13.3 Å². The standard InChI is InChI=1S/C25H19ClN8O4S/c1-38-18-10-11-19(26)22(15-18)30-23-24(31-21-9-3-2-8-20(21)29-23)34(39(36)37)17-7-4-6-16(14-17)25(35)32-33-28-13-5-12-27/h2-4,6-11,14-15H,5,13H2,1H3,(H-,29,30,36,37). The molecule has 14 heteroatoms. The Balaban J connectivity index is 1.80. The first-order chi connectivity index (χ1) is 18.9. The molecule has 0 radical (unpaired) electrons. The number of para-hydroxylation sites is 2. The zero-order valence-electron chi connectivity index (χ0n) is 20.3. The number of carbonyl (C=O) groups excluding carboxylic acids is 1. The number of methoxy groups -OCH3 is 1. The molecule has 196 valence electrons. The highest BCUT2D eigenvalue weighted by Gasteiger charge is 2.22. The van der Waals surface area contributed by atoms with Gasteiger partial charge in [-0.15, -0.1) is 0 Å². The molecule has 0 saturated heterocycles. The first-order valence-electron chi connectivity index (χ1n) is 11.3. The molecule has 1 amide bonds. The highest BCUT2D eigenvalue weighted by molar-refractivity contribution is 7.81. The van der Waals surface area contributed by atoms with Crippen LogP contribution in [0.3, 0.4) is 0 Å². The van der Waals surface area contributed by atoms with E-state index in [1.165, 1.54) is 31.4 Å². The second kappa shape index (κ2) is 12.7. The Hall–Kier alpha value is -4.73. The van der Waals surface area contributed by atoms with Gasteiger partial charge < -0.3 is 14.6 Å². The maximum atomic E-state index is 12.6. The summed E-state index contributed by atoms with van der Waals surface area (Å²) in [5, 5.41) is 19.1. The van der Waals surface area contributed by atoms with Gasteiger partial charge in [0, 0.05) is 6.07 Å². The summed E-state index contributed by atoms with van der Waals surface area (Å²) in [6.07, 6.45) is 0.136. The van der Waals surface area contributed by atoms with E-state index in [4.69, 9.17) is 21.6 Å². The number of fused-ring (bicyclic) bond motifs is 1. The molecule has 1 aromatic heterocycles. The highest BCUT2D eigenvalue weighted by Crippen LogP contribution is 2.36. The maximum absolute atomic E-state index is 12.6. The van der Waals surface area contributed by atoms with Gasteiger partial charge in [0.2, 0.25) is 10.0 Å². The van der Waals surface area contributed by atoms with E-state index in [2.05, 4.69) is 30.4 Å². The fourth-order valence-electron chi connectivity index (χ4n) is 3.39. The van der Waals surface area contributed by atoms with Crippen LogP contribution in [0.15, 0.2) is 77.0 Å². The molecule has 0 aliphatic carbocycles. The zero-order valence-corrected chi connectivity index (χ0v) is 21.9. The number of nitriles is 1. The van der Waals surface area contributed by atoms with Crippen LogP contribution >= 0.6 is 11.6 Å². The molecule has 0 spiro atoms. The van der Waals surface area contributed by atoms with Gasteiger partial charge in [-0.2, -0.15) is 5.26 Å². The van der Waals surface area contributed by atoms with E-state index in [0.717, 1.165) is 4.31 Å². The lowest BCUT2D eigenvalue weighted by Gasteiger charge is -2.27. The van der Waals surface area contributed by atoms with Crippen LogP contribution in [-0.4, -0.2) is 38.3 Å². The lowest BCUT2D eigenvalue weighted by molar-refractivity contribution is 0.0992. The molecule has 0 aliphatic heterocycles. The van der Waals surface area contributed by atoms with Crippen LogP contribution in [0.4, 0.5) is 23.0 Å². The van der Waals surface area contributed by atoms with Crippen molar-refractivity contribution in [1.29, 1.82) is 5.26 Å². The Morgan fingerprint density at radius 3 is 2.67 bits per heavy atom. The van der Waals surface area contributed by atoms with E-state index < -0.39 is 17.2 Å². The lowest BCUT2D eigenvalue weighted by Crippen LogP contribution is -2.22. The number of nitrogens with zero attached hydrogens (tertiary/aromatic N) is 7. The van der Waals surface area contributed by atoms with Gasteiger partial charge in [0.05, 0.1) is 63.9 Å². The van der Waals surface area contributed by atoms with Crippen LogP contribution in [0.5, 0.6) is 5.75 Å². The first kappa shape index (κ1) is 27.3. The summed E-state index contributed by atoms with van der Waals surface area (Å²) in [4.78, 5) is 25.1. The molecule has 0 aliphatic rings. The van der Waals surface area contributed by atoms with Gasteiger partial charge in [-0.1, -0.05) is 29.8 Å². The van der Waals surface area contributed by atoms with Gasteiger partial charge in [-0.25, -0.2) is 9.97 Å². The molecule has 4 rings (SSSR count). The number of benzene rings is 3. The van der Waals surface area contributed by atoms with E-state index >= 15 is 0 Å². The van der Waals surface area contributed by atoms with Crippen molar-refractivity contribution in [3.8, 4) is 11.8 Å². The smallest absolute Gasteiger partial charge is 0.360 e. The topological polar surface area (TPSA) is 170 Å². The Bertz CT molecular complexity index is 1670. The molecule has 12 nitrogen and oxygen atoms in total. The van der Waals surface area contributed by atoms with Crippen molar-refractivity contribution < 1.29 is 18.3 Å². The van der Waals surface area contributed by atoms with Gasteiger partial charge >= 0.3 is 5.91 Å². The summed E-state index contributed by atoms with van der Waals surface area (Å²) in [7, 11) is 1.50. The average molecular weight is 563 g/mol. The molecule has 0 bridgehead atoms. The monoisotopic (exact) mass is 562 g/mol.